The number of sulfonamides is 1. The largest absolute Gasteiger partial charge is 0.357 e. The van der Waals surface area contributed by atoms with E-state index in [-0.39, 0.29) is 43.4 Å². The molecule has 0 aliphatic heterocycles. The van der Waals surface area contributed by atoms with Gasteiger partial charge in [0.2, 0.25) is 21.8 Å². The lowest BCUT2D eigenvalue weighted by Gasteiger charge is -2.31. The van der Waals surface area contributed by atoms with Crippen molar-refractivity contribution >= 4 is 27.5 Å². The monoisotopic (exact) mass is 495 g/mol. The first-order chi connectivity index (χ1) is 16.0. The molecule has 7 nitrogen and oxygen atoms in total. The highest BCUT2D eigenvalue weighted by Gasteiger charge is 2.28. The van der Waals surface area contributed by atoms with Crippen LogP contribution < -0.4 is 9.62 Å². The molecule has 2 aromatic rings. The molecule has 10 heteroatoms. The summed E-state index contributed by atoms with van der Waals surface area (Å²) in [5, 5.41) is 2.59. The van der Waals surface area contributed by atoms with Gasteiger partial charge in [-0.05, 0) is 37.5 Å². The molecule has 0 aromatic heterocycles. The van der Waals surface area contributed by atoms with Gasteiger partial charge in [-0.1, -0.05) is 36.8 Å². The van der Waals surface area contributed by atoms with Crippen molar-refractivity contribution < 1.29 is 26.8 Å². The number of halogens is 2. The van der Waals surface area contributed by atoms with Crippen molar-refractivity contribution in [2.24, 2.45) is 0 Å². The number of nitrogens with one attached hydrogen (secondary N) is 1. The molecule has 0 saturated heterocycles. The first kappa shape index (κ1) is 27.2. The minimum Gasteiger partial charge on any atom is -0.357 e. The summed E-state index contributed by atoms with van der Waals surface area (Å²) >= 11 is 0. The molecule has 34 heavy (non-hydrogen) atoms. The average molecular weight is 496 g/mol. The number of aryl methyl sites for hydroxylation is 1. The number of carbonyl (C=O) groups is 2. The quantitative estimate of drug-likeness (QED) is 0.518. The van der Waals surface area contributed by atoms with Crippen LogP contribution in [0.1, 0.15) is 37.3 Å². The number of amides is 2. The molecular weight excluding hydrogens is 464 g/mol. The van der Waals surface area contributed by atoms with Gasteiger partial charge in [0.05, 0.1) is 11.9 Å². The Kier molecular flexibility index (Phi) is 9.55. The maximum absolute atomic E-state index is 13.7. The third-order valence-electron chi connectivity index (χ3n) is 5.45. The normalized spacial score (nSPS) is 12.2. The number of carbonyl (C=O) groups excluding carboxylic acids is 2. The first-order valence-electron chi connectivity index (χ1n) is 11.0. The van der Waals surface area contributed by atoms with Gasteiger partial charge in [-0.15, -0.1) is 0 Å². The topological polar surface area (TPSA) is 86.8 Å². The molecule has 0 heterocycles. The Labute approximate surface area is 199 Å². The highest BCUT2D eigenvalue weighted by Crippen LogP contribution is 2.22. The number of benzene rings is 2. The molecule has 0 unspecified atom stereocenters. The Balaban J connectivity index is 2.19. The van der Waals surface area contributed by atoms with E-state index in [2.05, 4.69) is 5.32 Å². The maximum Gasteiger partial charge on any atom is 0.242 e. The van der Waals surface area contributed by atoms with E-state index in [4.69, 9.17) is 0 Å². The summed E-state index contributed by atoms with van der Waals surface area (Å²) in [6, 6.07) is 9.77. The second kappa shape index (κ2) is 11.9. The molecule has 186 valence electrons. The van der Waals surface area contributed by atoms with Crippen LogP contribution in [0.2, 0.25) is 0 Å². The number of rotatable bonds is 11. The standard InChI is InChI=1S/C24H31F2N3O4S/c1-5-22(24(31)27-3)28(16-18-10-8-17(2)9-11-18)23(30)7-6-14-29(34(4,32)33)19-12-13-20(25)21(26)15-19/h8-13,15,22H,5-7,14,16H2,1-4H3,(H,27,31)/t22-/m1/s1. The Morgan fingerprint density at radius 1 is 1.06 bits per heavy atom. The van der Waals surface area contributed by atoms with E-state index in [0.717, 1.165) is 33.8 Å². The van der Waals surface area contributed by atoms with Crippen LogP contribution >= 0.6 is 0 Å². The smallest absolute Gasteiger partial charge is 0.242 e. The van der Waals surface area contributed by atoms with Gasteiger partial charge in [0.15, 0.2) is 11.6 Å². The van der Waals surface area contributed by atoms with E-state index in [1.165, 1.54) is 18.0 Å². The van der Waals surface area contributed by atoms with Crippen molar-refractivity contribution in [1.82, 2.24) is 10.2 Å². The summed E-state index contributed by atoms with van der Waals surface area (Å²) in [5.74, 6) is -2.85. The van der Waals surface area contributed by atoms with Gasteiger partial charge in [0.25, 0.3) is 0 Å². The molecule has 0 fully saturated rings. The SMILES string of the molecule is CC[C@H](C(=O)NC)N(Cc1ccc(C)cc1)C(=O)CCCN(c1ccc(F)c(F)c1)S(C)(=O)=O. The van der Waals surface area contributed by atoms with Crippen LogP contribution in [0.3, 0.4) is 0 Å². The minimum atomic E-state index is -3.80. The van der Waals surface area contributed by atoms with Crippen LogP contribution in [0.4, 0.5) is 14.5 Å². The minimum absolute atomic E-state index is 0.0258. The number of likely N-dealkylation sites (N-methyl/N-ethyl adjacent to an activating group) is 1. The fourth-order valence-electron chi connectivity index (χ4n) is 3.62. The molecule has 2 aromatic carbocycles. The molecule has 0 spiro atoms. The number of nitrogens with zero attached hydrogens (tertiary/aromatic N) is 2. The highest BCUT2D eigenvalue weighted by molar-refractivity contribution is 7.92. The molecule has 0 aliphatic rings. The molecule has 0 radical (unpaired) electrons. The fraction of sp³-hybridized carbons (Fsp3) is 0.417. The van der Waals surface area contributed by atoms with E-state index < -0.39 is 27.7 Å². The van der Waals surface area contributed by atoms with Gasteiger partial charge >= 0.3 is 0 Å². The van der Waals surface area contributed by atoms with E-state index in [0.29, 0.717) is 6.42 Å². The van der Waals surface area contributed by atoms with Crippen LogP contribution in [-0.4, -0.2) is 51.0 Å². The van der Waals surface area contributed by atoms with Crippen LogP contribution in [-0.2, 0) is 26.2 Å². The zero-order chi connectivity index (χ0) is 25.5. The van der Waals surface area contributed by atoms with Crippen molar-refractivity contribution in [1.29, 1.82) is 0 Å². The van der Waals surface area contributed by atoms with Gasteiger partial charge in [0.1, 0.15) is 6.04 Å². The number of anilines is 1. The third kappa shape index (κ3) is 7.24. The summed E-state index contributed by atoms with van der Waals surface area (Å²) in [5.41, 5.74) is 1.90. The van der Waals surface area contributed by atoms with E-state index in [9.17, 15) is 26.8 Å². The lowest BCUT2D eigenvalue weighted by Crippen LogP contribution is -2.48. The average Bonchev–Trinajstić information content (AvgIpc) is 2.78. The Bertz CT molecular complexity index is 1110. The van der Waals surface area contributed by atoms with Crippen molar-refractivity contribution in [2.45, 2.75) is 45.7 Å². The molecule has 2 rings (SSSR count). The van der Waals surface area contributed by atoms with Crippen LogP contribution in [0, 0.1) is 18.6 Å². The summed E-state index contributed by atoms with van der Waals surface area (Å²) in [7, 11) is -2.30. The highest BCUT2D eigenvalue weighted by atomic mass is 32.2. The maximum atomic E-state index is 13.7. The summed E-state index contributed by atoms with van der Waals surface area (Å²) in [6.07, 6.45) is 1.45. The van der Waals surface area contributed by atoms with E-state index in [1.54, 1.807) is 0 Å². The zero-order valence-electron chi connectivity index (χ0n) is 19.8. The fourth-order valence-corrected chi connectivity index (χ4v) is 4.58. The van der Waals surface area contributed by atoms with E-state index >= 15 is 0 Å². The van der Waals surface area contributed by atoms with Crippen molar-refractivity contribution in [3.8, 4) is 0 Å². The van der Waals surface area contributed by atoms with E-state index in [1.807, 2.05) is 38.1 Å². The predicted molar refractivity (Wildman–Crippen MR) is 128 cm³/mol. The molecule has 0 aliphatic carbocycles. The van der Waals surface area contributed by atoms with Gasteiger partial charge in [-0.3, -0.25) is 13.9 Å². The Morgan fingerprint density at radius 3 is 2.24 bits per heavy atom. The second-order valence-corrected chi connectivity index (χ2v) is 9.99. The number of hydrogen-bond acceptors (Lipinski definition) is 4. The summed E-state index contributed by atoms with van der Waals surface area (Å²) in [6.45, 7) is 3.88. The lowest BCUT2D eigenvalue weighted by molar-refractivity contribution is -0.141. The van der Waals surface area contributed by atoms with Crippen LogP contribution in [0.5, 0.6) is 0 Å². The molecular formula is C24H31F2N3O4S. The summed E-state index contributed by atoms with van der Waals surface area (Å²) in [4.78, 5) is 27.1. The summed E-state index contributed by atoms with van der Waals surface area (Å²) < 4.78 is 52.4. The second-order valence-electron chi connectivity index (χ2n) is 8.08. The van der Waals surface area contributed by atoms with Gasteiger partial charge in [-0.2, -0.15) is 0 Å². The van der Waals surface area contributed by atoms with Crippen LogP contribution in [0.25, 0.3) is 0 Å². The molecule has 0 saturated carbocycles. The van der Waals surface area contributed by atoms with Gasteiger partial charge < -0.3 is 10.2 Å². The Morgan fingerprint density at radius 2 is 1.71 bits per heavy atom. The lowest BCUT2D eigenvalue weighted by atomic mass is 10.1. The molecule has 0 bridgehead atoms. The first-order valence-corrected chi connectivity index (χ1v) is 12.8. The van der Waals surface area contributed by atoms with Crippen LogP contribution in [0.15, 0.2) is 42.5 Å². The molecule has 2 amide bonds. The molecule has 1 atom stereocenters. The van der Waals surface area contributed by atoms with Gasteiger partial charge in [0, 0.05) is 32.6 Å². The number of hydrogen-bond donors (Lipinski definition) is 1. The Hall–Kier alpha value is -3.01. The zero-order valence-corrected chi connectivity index (χ0v) is 20.7. The van der Waals surface area contributed by atoms with Crippen molar-refractivity contribution in [2.75, 3.05) is 24.2 Å². The predicted octanol–water partition coefficient (Wildman–Crippen LogP) is 3.37. The van der Waals surface area contributed by atoms with Crippen molar-refractivity contribution in [3.05, 3.63) is 65.2 Å². The third-order valence-corrected chi connectivity index (χ3v) is 6.64. The van der Waals surface area contributed by atoms with Gasteiger partial charge in [-0.25, -0.2) is 17.2 Å². The van der Waals surface area contributed by atoms with Crippen molar-refractivity contribution in [3.63, 3.8) is 0 Å². The molecule has 1 N–H and O–H groups in total.